The number of aromatic nitrogens is 2. The van der Waals surface area contributed by atoms with E-state index in [2.05, 4.69) is 10.4 Å². The SMILES string of the molecule is CN(CC1=CC(c2nc3cc(F)c(F)cc3n2C2CC2)=C[NH2+]N1)S(C)(=O)=O. The second kappa shape index (κ2) is 6.39. The van der Waals surface area contributed by atoms with Gasteiger partial charge in [-0.25, -0.2) is 33.0 Å². The van der Waals surface area contributed by atoms with E-state index in [0.29, 0.717) is 22.6 Å². The van der Waals surface area contributed by atoms with E-state index in [1.54, 1.807) is 5.43 Å². The molecule has 3 N–H and O–H groups in total. The number of nitrogens with one attached hydrogen (secondary N) is 1. The third-order valence-corrected chi connectivity index (χ3v) is 5.98. The molecular weight excluding hydrogens is 376 g/mol. The first kappa shape index (κ1) is 18.1. The topological polar surface area (TPSA) is 83.8 Å². The molecule has 0 atom stereocenters. The fourth-order valence-electron chi connectivity index (χ4n) is 3.10. The normalized spacial score (nSPS) is 17.8. The zero-order valence-corrected chi connectivity index (χ0v) is 15.7. The summed E-state index contributed by atoms with van der Waals surface area (Å²) in [7, 11) is -1.81. The molecule has 0 unspecified atom stereocenters. The number of rotatable bonds is 5. The molecule has 1 aromatic carbocycles. The highest BCUT2D eigenvalue weighted by atomic mass is 32.2. The molecule has 0 bridgehead atoms. The van der Waals surface area contributed by atoms with Crippen molar-refractivity contribution in [1.82, 2.24) is 19.3 Å². The number of sulfonamides is 1. The van der Waals surface area contributed by atoms with Crippen molar-refractivity contribution in [2.75, 3.05) is 19.8 Å². The van der Waals surface area contributed by atoms with E-state index in [4.69, 9.17) is 0 Å². The van der Waals surface area contributed by atoms with Crippen molar-refractivity contribution >= 4 is 26.6 Å². The summed E-state index contributed by atoms with van der Waals surface area (Å²) in [4.78, 5) is 4.53. The Balaban J connectivity index is 1.75. The largest absolute Gasteiger partial charge is 0.321 e. The van der Waals surface area contributed by atoms with Crippen LogP contribution in [0.4, 0.5) is 8.78 Å². The number of fused-ring (bicyclic) bond motifs is 1. The average molecular weight is 396 g/mol. The lowest BCUT2D eigenvalue weighted by atomic mass is 10.2. The summed E-state index contributed by atoms with van der Waals surface area (Å²) in [6.07, 6.45) is 6.69. The second-order valence-corrected chi connectivity index (χ2v) is 9.00. The van der Waals surface area contributed by atoms with Gasteiger partial charge < -0.3 is 4.57 Å². The van der Waals surface area contributed by atoms with E-state index in [1.807, 2.05) is 16.8 Å². The predicted molar refractivity (Wildman–Crippen MR) is 96.5 cm³/mol. The molecule has 10 heteroatoms. The van der Waals surface area contributed by atoms with Gasteiger partial charge in [-0.2, -0.15) is 4.31 Å². The van der Waals surface area contributed by atoms with Gasteiger partial charge in [-0.3, -0.25) is 0 Å². The Morgan fingerprint density at radius 1 is 1.33 bits per heavy atom. The van der Waals surface area contributed by atoms with Crippen LogP contribution in [0.5, 0.6) is 0 Å². The fraction of sp³-hybridized carbons (Fsp3) is 0.353. The number of quaternary nitrogens is 1. The molecule has 27 heavy (non-hydrogen) atoms. The molecule has 1 aliphatic carbocycles. The lowest BCUT2D eigenvalue weighted by Crippen LogP contribution is -2.88. The molecule has 7 nitrogen and oxygen atoms in total. The molecule has 144 valence electrons. The summed E-state index contributed by atoms with van der Waals surface area (Å²) >= 11 is 0. The standard InChI is InChI=1S/C17H19F2N5O2S/c1-23(27(2,25)26)9-11-5-10(8-20-22-11)17-21-15-6-13(18)14(19)7-16(15)24(17)12-3-4-12/h5-8,12,20,22H,3-4,9H2,1-2H3/p+1. The zero-order valence-electron chi connectivity index (χ0n) is 14.9. The Labute approximate surface area is 155 Å². The molecule has 1 aromatic heterocycles. The van der Waals surface area contributed by atoms with Crippen LogP contribution in [0.15, 0.2) is 30.1 Å². The fourth-order valence-corrected chi connectivity index (χ4v) is 3.47. The van der Waals surface area contributed by atoms with Crippen LogP contribution in [-0.4, -0.2) is 42.1 Å². The number of likely N-dealkylation sites (N-methyl/N-ethyl adjacent to an activating group) is 1. The molecule has 0 amide bonds. The second-order valence-electron chi connectivity index (χ2n) is 6.91. The maximum atomic E-state index is 13.8. The minimum absolute atomic E-state index is 0.180. The van der Waals surface area contributed by atoms with E-state index in [0.717, 1.165) is 30.7 Å². The molecule has 4 rings (SSSR count). The van der Waals surface area contributed by atoms with Crippen LogP contribution in [-0.2, 0) is 10.0 Å². The number of nitrogens with two attached hydrogens (primary N) is 1. The highest BCUT2D eigenvalue weighted by Crippen LogP contribution is 2.40. The van der Waals surface area contributed by atoms with Gasteiger partial charge in [-0.1, -0.05) is 0 Å². The van der Waals surface area contributed by atoms with Gasteiger partial charge in [0.15, 0.2) is 11.6 Å². The maximum Gasteiger partial charge on any atom is 0.211 e. The van der Waals surface area contributed by atoms with Gasteiger partial charge in [0.2, 0.25) is 10.0 Å². The lowest BCUT2D eigenvalue weighted by molar-refractivity contribution is -0.642. The van der Waals surface area contributed by atoms with E-state index < -0.39 is 21.7 Å². The number of nitrogens with zero attached hydrogens (tertiary/aromatic N) is 3. The highest BCUT2D eigenvalue weighted by Gasteiger charge is 2.30. The van der Waals surface area contributed by atoms with Crippen LogP contribution in [0.2, 0.25) is 0 Å². The predicted octanol–water partition coefficient (Wildman–Crippen LogP) is 0.847. The van der Waals surface area contributed by atoms with E-state index in [9.17, 15) is 17.2 Å². The van der Waals surface area contributed by atoms with Crippen LogP contribution in [0.3, 0.4) is 0 Å². The molecule has 0 spiro atoms. The minimum Gasteiger partial charge on any atom is -0.321 e. The van der Waals surface area contributed by atoms with Crippen LogP contribution < -0.4 is 10.9 Å². The summed E-state index contributed by atoms with van der Waals surface area (Å²) in [5.74, 6) is -1.20. The Morgan fingerprint density at radius 2 is 2.04 bits per heavy atom. The van der Waals surface area contributed by atoms with Gasteiger partial charge in [-0.05, 0) is 18.9 Å². The van der Waals surface area contributed by atoms with Crippen molar-refractivity contribution in [2.24, 2.45) is 0 Å². The van der Waals surface area contributed by atoms with E-state index >= 15 is 0 Å². The number of benzene rings is 1. The molecule has 0 saturated heterocycles. The number of hydrogen-bond acceptors (Lipinski definition) is 4. The smallest absolute Gasteiger partial charge is 0.211 e. The van der Waals surface area contributed by atoms with Crippen molar-refractivity contribution < 1.29 is 22.6 Å². The maximum absolute atomic E-state index is 13.8. The van der Waals surface area contributed by atoms with Gasteiger partial charge in [0.25, 0.3) is 0 Å². The molecule has 1 aliphatic heterocycles. The summed E-state index contributed by atoms with van der Waals surface area (Å²) in [5, 5.41) is 0. The molecular formula is C17H20F2N5O2S+. The van der Waals surface area contributed by atoms with Crippen LogP contribution in [0.1, 0.15) is 24.7 Å². The van der Waals surface area contributed by atoms with Gasteiger partial charge in [-0.15, -0.1) is 0 Å². The molecule has 0 radical (unpaired) electrons. The summed E-state index contributed by atoms with van der Waals surface area (Å²) in [6.45, 7) is 0.180. The van der Waals surface area contributed by atoms with Crippen molar-refractivity contribution in [3.63, 3.8) is 0 Å². The first-order valence-corrected chi connectivity index (χ1v) is 10.4. The third kappa shape index (κ3) is 3.47. The third-order valence-electron chi connectivity index (χ3n) is 4.72. The molecule has 2 heterocycles. The summed E-state index contributed by atoms with van der Waals surface area (Å²) in [6, 6.07) is 2.51. The summed E-state index contributed by atoms with van der Waals surface area (Å²) < 4.78 is 53.9. The average Bonchev–Trinajstić information content (AvgIpc) is 3.37. The minimum atomic E-state index is -3.31. The monoisotopic (exact) mass is 396 g/mol. The van der Waals surface area contributed by atoms with E-state index in [-0.39, 0.29) is 12.6 Å². The summed E-state index contributed by atoms with van der Waals surface area (Å²) in [5.41, 5.74) is 7.15. The zero-order chi connectivity index (χ0) is 19.3. The van der Waals surface area contributed by atoms with Crippen LogP contribution in [0, 0.1) is 11.6 Å². The van der Waals surface area contributed by atoms with Crippen molar-refractivity contribution in [3.8, 4) is 0 Å². The van der Waals surface area contributed by atoms with Gasteiger partial charge in [0, 0.05) is 25.2 Å². The molecule has 1 fully saturated rings. The Bertz CT molecular complexity index is 1090. The van der Waals surface area contributed by atoms with Gasteiger partial charge in [0.05, 0.1) is 35.1 Å². The molecule has 1 saturated carbocycles. The van der Waals surface area contributed by atoms with E-state index in [1.165, 1.54) is 17.4 Å². The van der Waals surface area contributed by atoms with Crippen molar-refractivity contribution in [1.29, 1.82) is 0 Å². The van der Waals surface area contributed by atoms with Crippen LogP contribution >= 0.6 is 0 Å². The molecule has 2 aliphatic rings. The number of halogens is 2. The van der Waals surface area contributed by atoms with Crippen molar-refractivity contribution in [2.45, 2.75) is 18.9 Å². The number of hydrogen-bond donors (Lipinski definition) is 2. The quantitative estimate of drug-likeness (QED) is 0.734. The Morgan fingerprint density at radius 3 is 2.70 bits per heavy atom. The first-order chi connectivity index (χ1) is 12.7. The van der Waals surface area contributed by atoms with Gasteiger partial charge >= 0.3 is 0 Å². The van der Waals surface area contributed by atoms with Gasteiger partial charge in [0.1, 0.15) is 12.0 Å². The lowest BCUT2D eigenvalue weighted by Gasteiger charge is -2.19. The highest BCUT2D eigenvalue weighted by molar-refractivity contribution is 7.88. The Kier molecular flexibility index (Phi) is 4.28. The van der Waals surface area contributed by atoms with Crippen molar-refractivity contribution in [3.05, 3.63) is 47.6 Å². The number of imidazole rings is 1. The van der Waals surface area contributed by atoms with Crippen LogP contribution in [0.25, 0.3) is 16.6 Å². The number of allylic oxidation sites excluding steroid dienone is 2. The molecule has 2 aromatic rings. The Hall–Kier alpha value is -2.30. The first-order valence-electron chi connectivity index (χ1n) is 8.53.